The summed E-state index contributed by atoms with van der Waals surface area (Å²) in [5.74, 6) is 0. The van der Waals surface area contributed by atoms with Crippen molar-refractivity contribution in [2.45, 2.75) is 0 Å². The van der Waals surface area contributed by atoms with Crippen molar-refractivity contribution in [1.29, 1.82) is 0 Å². The Kier molecular flexibility index (Phi) is 4.62. The molecule has 7 heteroatoms. The summed E-state index contributed by atoms with van der Waals surface area (Å²) in [5.41, 5.74) is 1.47. The molecule has 0 saturated carbocycles. The van der Waals surface area contributed by atoms with Crippen LogP contribution in [0.15, 0.2) is 53.8 Å². The van der Waals surface area contributed by atoms with Crippen molar-refractivity contribution >= 4 is 29.3 Å². The highest BCUT2D eigenvalue weighted by Gasteiger charge is 2.21. The molecular formula is C13H13N2O3PS. The number of rotatable bonds is 4. The van der Waals surface area contributed by atoms with Crippen LogP contribution in [0, 0.1) is 0 Å². The molecule has 0 bridgehead atoms. The highest BCUT2D eigenvalue weighted by Crippen LogP contribution is 2.35. The van der Waals surface area contributed by atoms with E-state index in [9.17, 15) is 9.79 Å². The van der Waals surface area contributed by atoms with Gasteiger partial charge >= 0.3 is 0 Å². The molecule has 2 rings (SSSR count). The Morgan fingerprint density at radius 3 is 2.50 bits per heavy atom. The number of hydrogen-bond acceptors (Lipinski definition) is 4. The van der Waals surface area contributed by atoms with Crippen molar-refractivity contribution < 1.29 is 14.6 Å². The van der Waals surface area contributed by atoms with E-state index in [2.05, 4.69) is 10.1 Å². The fraction of sp³-hybridized carbons (Fsp3) is 0.0769. The Labute approximate surface area is 121 Å². The fourth-order valence-corrected chi connectivity index (χ4v) is 3.01. The lowest BCUT2D eigenvalue weighted by Crippen LogP contribution is -2.18. The minimum atomic E-state index is -3.58. The first-order valence-corrected chi connectivity index (χ1v) is 8.43. The Morgan fingerprint density at radius 2 is 1.90 bits per heavy atom. The van der Waals surface area contributed by atoms with Gasteiger partial charge < -0.3 is 14.6 Å². The van der Waals surface area contributed by atoms with Crippen LogP contribution in [0.5, 0.6) is 0 Å². The zero-order chi connectivity index (χ0) is 14.6. The van der Waals surface area contributed by atoms with Gasteiger partial charge in [0.25, 0.3) is 0 Å². The minimum absolute atomic E-state index is 0.261. The zero-order valence-electron chi connectivity index (χ0n) is 10.7. The van der Waals surface area contributed by atoms with Crippen molar-refractivity contribution in [3.05, 3.63) is 59.9 Å². The molecule has 1 aromatic heterocycles. The Balaban J connectivity index is 2.64. The lowest BCUT2D eigenvalue weighted by atomic mass is 10.1. The quantitative estimate of drug-likeness (QED) is 0.507. The van der Waals surface area contributed by atoms with Crippen LogP contribution in [-0.2, 0) is 16.6 Å². The topological polar surface area (TPSA) is 74.9 Å². The van der Waals surface area contributed by atoms with Gasteiger partial charge in [-0.2, -0.15) is 0 Å². The molecule has 0 unspecified atom stereocenters. The largest absolute Gasteiger partial charge is 0.399 e. The van der Waals surface area contributed by atoms with Gasteiger partial charge in [0.1, 0.15) is 12.8 Å². The Hall–Kier alpha value is -1.59. The first kappa shape index (κ1) is 14.8. The maximum atomic E-state index is 9.80. The summed E-state index contributed by atoms with van der Waals surface area (Å²) in [6, 6.07) is 12.1. The first-order chi connectivity index (χ1) is 9.54. The molecule has 0 aliphatic heterocycles. The maximum Gasteiger partial charge on any atom is 0.214 e. The monoisotopic (exact) mass is 308 g/mol. The van der Waals surface area contributed by atoms with Crippen molar-refractivity contribution in [1.82, 2.24) is 4.98 Å². The number of oxime groups is 1. The van der Waals surface area contributed by atoms with Crippen LogP contribution >= 0.6 is 6.49 Å². The molecule has 5 nitrogen and oxygen atoms in total. The third-order valence-corrected chi connectivity index (χ3v) is 4.17. The van der Waals surface area contributed by atoms with Crippen LogP contribution in [0.4, 0.5) is 0 Å². The predicted octanol–water partition coefficient (Wildman–Crippen LogP) is 1.40. The van der Waals surface area contributed by atoms with Crippen LogP contribution in [0.25, 0.3) is 0 Å². The molecule has 20 heavy (non-hydrogen) atoms. The van der Waals surface area contributed by atoms with Crippen LogP contribution in [-0.4, -0.2) is 27.6 Å². The van der Waals surface area contributed by atoms with Crippen molar-refractivity contribution in [2.24, 2.45) is 5.16 Å². The summed E-state index contributed by atoms with van der Waals surface area (Å²) in [5, 5.41) is 4.20. The second-order valence-corrected chi connectivity index (χ2v) is 7.00. The summed E-state index contributed by atoms with van der Waals surface area (Å²) in [4.78, 5) is 28.6. The standard InChI is InChI=1S/C13H13N2O3PS/c1-18-15-13(11-7-4-5-9-14-11)10-6-2-3-8-12(10)19(16,17)20/h2-9H,1H3,(H2,16,17,20)/b15-13+. The van der Waals surface area contributed by atoms with Gasteiger partial charge in [-0.15, -0.1) is 0 Å². The molecule has 2 aromatic rings. The normalized spacial score (nSPS) is 12.2. The molecule has 1 aromatic carbocycles. The summed E-state index contributed by atoms with van der Waals surface area (Å²) in [6.07, 6.45) is 1.62. The predicted molar refractivity (Wildman–Crippen MR) is 81.7 cm³/mol. The van der Waals surface area contributed by atoms with E-state index in [1.165, 1.54) is 7.11 Å². The second-order valence-electron chi connectivity index (χ2n) is 3.90. The number of aromatic nitrogens is 1. The molecule has 1 heterocycles. The van der Waals surface area contributed by atoms with Crippen LogP contribution < -0.4 is 5.30 Å². The number of pyridine rings is 1. The molecule has 0 saturated heterocycles. The Morgan fingerprint density at radius 1 is 1.20 bits per heavy atom. The number of benzene rings is 1. The van der Waals surface area contributed by atoms with Gasteiger partial charge in [-0.25, -0.2) is 0 Å². The molecule has 0 aliphatic rings. The summed E-state index contributed by atoms with van der Waals surface area (Å²) < 4.78 is 0. The molecule has 0 spiro atoms. The van der Waals surface area contributed by atoms with Gasteiger partial charge in [0, 0.05) is 17.1 Å². The van der Waals surface area contributed by atoms with Crippen molar-refractivity contribution in [2.75, 3.05) is 7.11 Å². The van der Waals surface area contributed by atoms with Gasteiger partial charge in [-0.3, -0.25) is 4.98 Å². The van der Waals surface area contributed by atoms with Crippen molar-refractivity contribution in [3.63, 3.8) is 0 Å². The van der Waals surface area contributed by atoms with Crippen LogP contribution in [0.2, 0.25) is 0 Å². The fourth-order valence-electron chi connectivity index (χ4n) is 1.76. The third-order valence-electron chi connectivity index (χ3n) is 2.56. The van der Waals surface area contributed by atoms with Crippen LogP contribution in [0.3, 0.4) is 0 Å². The average Bonchev–Trinajstić information content (AvgIpc) is 2.45. The summed E-state index contributed by atoms with van der Waals surface area (Å²) >= 11 is 4.80. The Bertz CT molecular complexity index is 670. The van der Waals surface area contributed by atoms with Crippen LogP contribution in [0.1, 0.15) is 11.3 Å². The van der Waals surface area contributed by atoms with E-state index in [0.29, 0.717) is 17.0 Å². The lowest BCUT2D eigenvalue weighted by molar-refractivity contribution is 0.214. The number of hydrogen-bond donors (Lipinski definition) is 2. The van der Waals surface area contributed by atoms with E-state index < -0.39 is 6.49 Å². The summed E-state index contributed by atoms with van der Waals surface area (Å²) in [6.45, 7) is -3.58. The van der Waals surface area contributed by atoms with E-state index in [1.54, 1.807) is 42.6 Å². The molecule has 104 valence electrons. The molecule has 0 aliphatic carbocycles. The van der Waals surface area contributed by atoms with E-state index >= 15 is 0 Å². The molecule has 0 radical (unpaired) electrons. The third kappa shape index (κ3) is 3.29. The van der Waals surface area contributed by atoms with E-state index in [-0.39, 0.29) is 5.30 Å². The van der Waals surface area contributed by atoms with E-state index in [1.807, 2.05) is 6.07 Å². The lowest BCUT2D eigenvalue weighted by Gasteiger charge is -2.14. The zero-order valence-corrected chi connectivity index (χ0v) is 12.4. The van der Waals surface area contributed by atoms with Gasteiger partial charge in [0.05, 0.1) is 5.69 Å². The average molecular weight is 308 g/mol. The molecule has 0 amide bonds. The molecule has 0 fully saturated rings. The molecule has 0 atom stereocenters. The smallest absolute Gasteiger partial charge is 0.214 e. The van der Waals surface area contributed by atoms with Crippen molar-refractivity contribution in [3.8, 4) is 0 Å². The van der Waals surface area contributed by atoms with E-state index in [0.717, 1.165) is 0 Å². The highest BCUT2D eigenvalue weighted by molar-refractivity contribution is 8.12. The minimum Gasteiger partial charge on any atom is -0.399 e. The molecule has 2 N–H and O–H groups in total. The van der Waals surface area contributed by atoms with Gasteiger partial charge in [0.15, 0.2) is 0 Å². The first-order valence-electron chi connectivity index (χ1n) is 5.72. The number of nitrogens with zero attached hydrogens (tertiary/aromatic N) is 2. The summed E-state index contributed by atoms with van der Waals surface area (Å²) in [7, 11) is 1.42. The maximum absolute atomic E-state index is 9.80. The molecular weight excluding hydrogens is 295 g/mol. The van der Waals surface area contributed by atoms with Gasteiger partial charge in [-0.1, -0.05) is 29.4 Å². The van der Waals surface area contributed by atoms with Gasteiger partial charge in [-0.05, 0) is 30.0 Å². The second kappa shape index (κ2) is 6.24. The van der Waals surface area contributed by atoms with E-state index in [4.69, 9.17) is 16.6 Å². The van der Waals surface area contributed by atoms with Gasteiger partial charge in [0.2, 0.25) is 6.49 Å². The SMILES string of the molecule is CO/N=C(/c1ccccn1)c1ccccc1P(O)(O)=S. The highest BCUT2D eigenvalue weighted by atomic mass is 32.5.